The van der Waals surface area contributed by atoms with Crippen LogP contribution in [0.4, 0.5) is 0 Å². The Balaban J connectivity index is 0.00000119. The predicted molar refractivity (Wildman–Crippen MR) is 192 cm³/mol. The third-order valence-corrected chi connectivity index (χ3v) is 15.3. The Labute approximate surface area is 319 Å². The first-order chi connectivity index (χ1) is 21.7. The van der Waals surface area contributed by atoms with Crippen molar-refractivity contribution in [1.82, 2.24) is 0 Å². The van der Waals surface area contributed by atoms with Crippen molar-refractivity contribution < 1.29 is 32.5 Å². The zero-order chi connectivity index (χ0) is 33.4. The molecule has 3 heterocycles. The molecule has 0 bridgehead atoms. The molecule has 2 atom stereocenters. The maximum absolute atomic E-state index is 6.85. The number of hydrogen-bond donors (Lipinski definition) is 1. The molecule has 3 aliphatic heterocycles. The van der Waals surface area contributed by atoms with Crippen LogP contribution in [0.5, 0.6) is 23.0 Å². The van der Waals surface area contributed by atoms with Crippen LogP contribution in [0.15, 0.2) is 57.5 Å². The molecule has 0 aliphatic carbocycles. The van der Waals surface area contributed by atoms with E-state index in [1.807, 2.05) is 67.9 Å². The molecule has 7 nitrogen and oxygen atoms in total. The average molecular weight is 939 g/mol. The SMILES string of the molecule is C[NH2+]C.Clc1c(Cl)c(Cl)c2c(c1Cl)O[P-]13(O2)(Oc2c(Cl)c(Cl)c(Cl)c(Cl)c2O1)OC(c1ccccc1Br)C(c1ccccc1Br)O3. The molecule has 4 aromatic rings. The Morgan fingerprint density at radius 3 is 1.02 bits per heavy atom. The van der Waals surface area contributed by atoms with E-state index in [2.05, 4.69) is 31.9 Å². The number of quaternary nitrogens is 1. The van der Waals surface area contributed by atoms with Crippen LogP contribution in [0.3, 0.4) is 0 Å². The summed E-state index contributed by atoms with van der Waals surface area (Å²) in [6, 6.07) is 14.6. The summed E-state index contributed by atoms with van der Waals surface area (Å²) in [5.41, 5.74) is 1.21. The molecule has 0 radical (unpaired) electrons. The molecule has 46 heavy (non-hydrogen) atoms. The first-order valence-electron chi connectivity index (χ1n) is 13.0. The molecule has 0 aromatic heterocycles. The summed E-state index contributed by atoms with van der Waals surface area (Å²) < 4.78 is 41.1. The molecule has 246 valence electrons. The molecule has 2 N–H and O–H groups in total. The zero-order valence-corrected chi connectivity index (χ0v) is 33.1. The third kappa shape index (κ3) is 5.20. The summed E-state index contributed by atoms with van der Waals surface area (Å²) in [6.45, 7) is 0. The second-order valence-electron chi connectivity index (χ2n) is 9.98. The first kappa shape index (κ1) is 35.5. The van der Waals surface area contributed by atoms with Gasteiger partial charge in [0.2, 0.25) is 0 Å². The molecule has 3 aliphatic rings. The van der Waals surface area contributed by atoms with E-state index in [1.165, 1.54) is 0 Å². The minimum absolute atomic E-state index is 0.131. The van der Waals surface area contributed by atoms with Crippen molar-refractivity contribution in [3.63, 3.8) is 0 Å². The number of nitrogens with two attached hydrogens (primary N) is 1. The summed E-state index contributed by atoms with van der Waals surface area (Å²) >= 11 is 59.3. The van der Waals surface area contributed by atoms with Crippen LogP contribution in [0.25, 0.3) is 0 Å². The van der Waals surface area contributed by atoms with Gasteiger partial charge < -0.3 is 5.32 Å². The van der Waals surface area contributed by atoms with Crippen LogP contribution in [-0.2, 0) is 9.05 Å². The number of fused-ring (bicyclic) bond motifs is 2. The minimum atomic E-state index is -6.71. The monoisotopic (exact) mass is 933 g/mol. The van der Waals surface area contributed by atoms with Gasteiger partial charge in [-0.1, -0.05) is 0 Å². The van der Waals surface area contributed by atoms with E-state index >= 15 is 0 Å². The second kappa shape index (κ2) is 12.2. The zero-order valence-electron chi connectivity index (χ0n) is 23.0. The molecule has 1 saturated heterocycles. The van der Waals surface area contributed by atoms with Crippen molar-refractivity contribution in [2.45, 2.75) is 12.2 Å². The molecule has 7 rings (SSSR count). The number of rotatable bonds is 2. The Morgan fingerprint density at radius 1 is 0.500 bits per heavy atom. The number of halogens is 10. The Kier molecular flexibility index (Phi) is 9.39. The molecular weight excluding hydrogens is 921 g/mol. The second-order valence-corrected chi connectivity index (χ2v) is 18.1. The van der Waals surface area contributed by atoms with Crippen molar-refractivity contribution in [3.8, 4) is 23.0 Å². The van der Waals surface area contributed by atoms with Gasteiger partial charge in [-0.15, -0.1) is 0 Å². The molecule has 18 heteroatoms. The van der Waals surface area contributed by atoms with Crippen LogP contribution < -0.4 is 23.4 Å². The molecule has 1 fully saturated rings. The predicted octanol–water partition coefficient (Wildman–Crippen LogP) is 12.6. The van der Waals surface area contributed by atoms with Crippen molar-refractivity contribution in [1.29, 1.82) is 0 Å². The van der Waals surface area contributed by atoms with Gasteiger partial charge in [0.25, 0.3) is 0 Å². The van der Waals surface area contributed by atoms with Gasteiger partial charge in [0, 0.05) is 0 Å². The van der Waals surface area contributed by atoms with E-state index in [-0.39, 0.29) is 63.2 Å². The van der Waals surface area contributed by atoms with Crippen LogP contribution in [0.1, 0.15) is 23.3 Å². The molecule has 2 unspecified atom stereocenters. The maximum atomic E-state index is 6.85. The molecular formula is C28H18Br2Cl8NO6P. The fourth-order valence-corrected chi connectivity index (χ4v) is 12.2. The number of hydrogen-bond acceptors (Lipinski definition) is 6. The van der Waals surface area contributed by atoms with Gasteiger partial charge in [-0.25, -0.2) is 0 Å². The topological polar surface area (TPSA) is 72.0 Å². The third-order valence-electron chi connectivity index (χ3n) is 6.83. The van der Waals surface area contributed by atoms with E-state index in [9.17, 15) is 0 Å². The molecule has 0 saturated carbocycles. The normalized spacial score (nSPS) is 22.1. The fraction of sp³-hybridized carbons (Fsp3) is 0.143. The van der Waals surface area contributed by atoms with E-state index in [4.69, 9.17) is 120 Å². The fourth-order valence-electron chi connectivity index (χ4n) is 4.99. The summed E-state index contributed by atoms with van der Waals surface area (Å²) in [5, 5.41) is 0.730. The van der Waals surface area contributed by atoms with Gasteiger partial charge in [-0.3, -0.25) is 0 Å². The quantitative estimate of drug-likeness (QED) is 0.123. The summed E-state index contributed by atoms with van der Waals surface area (Å²) in [4.78, 5) is 0. The van der Waals surface area contributed by atoms with Gasteiger partial charge >= 0.3 is 303 Å². The van der Waals surface area contributed by atoms with Crippen molar-refractivity contribution >= 4 is 132 Å². The first-order valence-corrected chi connectivity index (χ1v) is 19.8. The summed E-state index contributed by atoms with van der Waals surface area (Å²) in [7, 11) is -2.71. The van der Waals surface area contributed by atoms with Gasteiger partial charge in [0.05, 0.1) is 14.1 Å². The van der Waals surface area contributed by atoms with Crippen molar-refractivity contribution in [2.24, 2.45) is 0 Å². The Hall–Kier alpha value is -0.330. The van der Waals surface area contributed by atoms with Crippen molar-refractivity contribution in [2.75, 3.05) is 14.1 Å². The van der Waals surface area contributed by atoms with Crippen LogP contribution >= 0.6 is 132 Å². The Morgan fingerprint density at radius 2 is 0.761 bits per heavy atom. The average Bonchev–Trinajstić information content (AvgIpc) is 3.64. The van der Waals surface area contributed by atoms with Crippen LogP contribution in [0.2, 0.25) is 40.2 Å². The summed E-state index contributed by atoms with van der Waals surface area (Å²) in [6.07, 6.45) is -2.08. The van der Waals surface area contributed by atoms with Crippen molar-refractivity contribution in [3.05, 3.63) is 109 Å². The van der Waals surface area contributed by atoms with Gasteiger partial charge in [-0.2, -0.15) is 0 Å². The van der Waals surface area contributed by atoms with Gasteiger partial charge in [0.1, 0.15) is 0 Å². The van der Waals surface area contributed by atoms with Gasteiger partial charge in [0.15, 0.2) is 0 Å². The van der Waals surface area contributed by atoms with Gasteiger partial charge in [-0.05, 0) is 0 Å². The number of benzene rings is 4. The van der Waals surface area contributed by atoms with E-state index < -0.39 is 19.5 Å². The van der Waals surface area contributed by atoms with E-state index in [0.717, 1.165) is 0 Å². The standard InChI is InChI=1S/C26H10Br2Cl8O6P.C2H7N/c27-11-7-3-1-5-9(11)21-22(10-6-2-4-8-12(10)28)38-43(37-21,39-23-17(33)13(29)14(30)18(34)24(23)40-43)41-25-19(35)15(31)16(32)20(36)26(25)42-43;1-3-2/h1-8,21-22H;3H,1-2H3/q-1;/p+1. The van der Waals surface area contributed by atoms with Crippen LogP contribution in [-0.4, -0.2) is 14.1 Å². The van der Waals surface area contributed by atoms with E-state index in [0.29, 0.717) is 20.1 Å². The molecule has 1 spiro atoms. The molecule has 4 aromatic carbocycles. The van der Waals surface area contributed by atoms with Crippen LogP contribution in [0, 0.1) is 0 Å². The van der Waals surface area contributed by atoms with E-state index in [1.54, 1.807) is 0 Å². The molecule has 0 amide bonds. The Bertz CT molecular complexity index is 1750. The summed E-state index contributed by atoms with van der Waals surface area (Å²) in [5.74, 6) is -0.917.